The van der Waals surface area contributed by atoms with Crippen molar-refractivity contribution in [3.05, 3.63) is 89.6 Å². The summed E-state index contributed by atoms with van der Waals surface area (Å²) in [5.74, 6) is -1.97. The van der Waals surface area contributed by atoms with Crippen LogP contribution in [0.3, 0.4) is 0 Å². The molecule has 2 heterocycles. The lowest BCUT2D eigenvalue weighted by Gasteiger charge is -2.14. The lowest BCUT2D eigenvalue weighted by atomic mass is 9.92. The Morgan fingerprint density at radius 3 is 2.39 bits per heavy atom. The zero-order valence-corrected chi connectivity index (χ0v) is 24.2. The first-order chi connectivity index (χ1) is 20.8. The summed E-state index contributed by atoms with van der Waals surface area (Å²) in [5, 5.41) is 9.78. The molecular weight excluding hydrogens is 575 g/mol. The van der Waals surface area contributed by atoms with Crippen LogP contribution in [0.15, 0.2) is 66.9 Å². The van der Waals surface area contributed by atoms with Crippen LogP contribution in [-0.2, 0) is 14.9 Å². The van der Waals surface area contributed by atoms with Gasteiger partial charge in [0.25, 0.3) is 0 Å². The molecule has 0 aliphatic heterocycles. The van der Waals surface area contributed by atoms with Crippen molar-refractivity contribution < 1.29 is 37.8 Å². The summed E-state index contributed by atoms with van der Waals surface area (Å²) in [6.07, 6.45) is -0.0634. The zero-order valence-electron chi connectivity index (χ0n) is 24.2. The van der Waals surface area contributed by atoms with E-state index in [-0.39, 0.29) is 40.7 Å². The van der Waals surface area contributed by atoms with Crippen LogP contribution in [0.5, 0.6) is 11.5 Å². The number of nitrogens with two attached hydrogens (primary N) is 1. The van der Waals surface area contributed by atoms with Crippen LogP contribution in [0.25, 0.3) is 5.69 Å². The average Bonchev–Trinajstić information content (AvgIpc) is 3.39. The van der Waals surface area contributed by atoms with Gasteiger partial charge in [-0.25, -0.2) is 33.2 Å². The van der Waals surface area contributed by atoms with Gasteiger partial charge < -0.3 is 25.3 Å². The molecule has 0 atom stereocenters. The maximum Gasteiger partial charge on any atom is 0.412 e. The van der Waals surface area contributed by atoms with Gasteiger partial charge in [-0.15, -0.1) is 0 Å². The van der Waals surface area contributed by atoms with E-state index >= 15 is 0 Å². The van der Waals surface area contributed by atoms with Crippen molar-refractivity contribution in [2.75, 3.05) is 17.2 Å². The van der Waals surface area contributed by atoms with E-state index in [4.69, 9.17) is 15.2 Å². The number of ether oxygens (including phenoxy) is 3. The number of carbonyl (C=O) groups is 4. The molecule has 2 aromatic carbocycles. The molecule has 0 saturated carbocycles. The number of primary amides is 1. The van der Waals surface area contributed by atoms with Crippen molar-refractivity contribution in [2.45, 2.75) is 33.1 Å². The van der Waals surface area contributed by atoms with Crippen molar-refractivity contribution in [3.8, 4) is 17.2 Å². The van der Waals surface area contributed by atoms with Crippen molar-refractivity contribution >= 4 is 35.6 Å². The summed E-state index contributed by atoms with van der Waals surface area (Å²) in [5.41, 5.74) is 5.52. The lowest BCUT2D eigenvalue weighted by Crippen LogP contribution is -2.22. The summed E-state index contributed by atoms with van der Waals surface area (Å²) < 4.78 is 31.4. The second kappa shape index (κ2) is 13.0. The van der Waals surface area contributed by atoms with Crippen molar-refractivity contribution in [3.63, 3.8) is 0 Å². The molecule has 0 radical (unpaired) electrons. The minimum Gasteiger partial charge on any atom is -0.462 e. The minimum atomic E-state index is -1.29. The Balaban J connectivity index is 1.51. The molecule has 228 valence electrons. The zero-order chi connectivity index (χ0) is 32.0. The molecule has 0 unspecified atom stereocenters. The van der Waals surface area contributed by atoms with Crippen LogP contribution in [-0.4, -0.2) is 45.4 Å². The molecule has 4 N–H and O–H groups in total. The number of carbonyl (C=O) groups excluding carboxylic acids is 4. The first-order valence-corrected chi connectivity index (χ1v) is 13.2. The molecule has 4 rings (SSSR count). The number of amides is 3. The minimum absolute atomic E-state index is 0.0447. The predicted octanol–water partition coefficient (Wildman–Crippen LogP) is 5.55. The number of esters is 2. The van der Waals surface area contributed by atoms with Crippen molar-refractivity contribution in [1.82, 2.24) is 14.8 Å². The van der Waals surface area contributed by atoms with Gasteiger partial charge in [-0.2, -0.15) is 5.10 Å². The smallest absolute Gasteiger partial charge is 0.412 e. The molecule has 14 heteroatoms. The van der Waals surface area contributed by atoms with Crippen LogP contribution < -0.4 is 21.1 Å². The van der Waals surface area contributed by atoms with Gasteiger partial charge in [0, 0.05) is 29.8 Å². The van der Waals surface area contributed by atoms with Crippen molar-refractivity contribution in [2.24, 2.45) is 5.73 Å². The predicted molar refractivity (Wildman–Crippen MR) is 157 cm³/mol. The molecule has 2 aromatic heterocycles. The van der Waals surface area contributed by atoms with E-state index in [2.05, 4.69) is 25.5 Å². The van der Waals surface area contributed by atoms with Gasteiger partial charge >= 0.3 is 24.1 Å². The summed E-state index contributed by atoms with van der Waals surface area (Å²) in [7, 11) is 0. The number of halogens is 1. The Bertz CT molecular complexity index is 1730. The molecule has 0 fully saturated rings. The molecule has 44 heavy (non-hydrogen) atoms. The first-order valence-electron chi connectivity index (χ1n) is 13.2. The van der Waals surface area contributed by atoms with Gasteiger partial charge in [0.05, 0.1) is 29.2 Å². The second-order valence-corrected chi connectivity index (χ2v) is 10.3. The van der Waals surface area contributed by atoms with E-state index in [9.17, 15) is 23.6 Å². The van der Waals surface area contributed by atoms with Gasteiger partial charge in [0.15, 0.2) is 5.69 Å². The maximum absolute atomic E-state index is 15.0. The summed E-state index contributed by atoms with van der Waals surface area (Å²) in [6.45, 7) is 7.79. The number of urea groups is 1. The Morgan fingerprint density at radius 2 is 1.70 bits per heavy atom. The highest BCUT2D eigenvalue weighted by atomic mass is 19.1. The number of pyridine rings is 1. The molecule has 0 aliphatic carbocycles. The molecular formula is C30H29FN6O7. The normalized spacial score (nSPS) is 10.9. The maximum atomic E-state index is 15.0. The van der Waals surface area contributed by atoms with Gasteiger partial charge in [-0.05, 0) is 43.3 Å². The SMILES string of the molecule is CCOC(=O)c1cccc(-n2nc(C(C)(C)C)cc2NC(=O)Nc2ccc(Oc3ccnc(C(=O)OC(N)=O)c3)cc2F)c1. The molecule has 0 bridgehead atoms. The van der Waals surface area contributed by atoms with Gasteiger partial charge in [0.1, 0.15) is 23.1 Å². The van der Waals surface area contributed by atoms with Crippen LogP contribution in [0.4, 0.5) is 25.5 Å². The third-order valence-corrected chi connectivity index (χ3v) is 5.88. The number of rotatable bonds is 8. The number of hydrogen-bond acceptors (Lipinski definition) is 9. The van der Waals surface area contributed by atoms with Crippen LogP contribution in [0.1, 0.15) is 54.2 Å². The fourth-order valence-corrected chi connectivity index (χ4v) is 3.81. The van der Waals surface area contributed by atoms with Crippen LogP contribution in [0.2, 0.25) is 0 Å². The molecule has 13 nitrogen and oxygen atoms in total. The van der Waals surface area contributed by atoms with Gasteiger partial charge in [0.2, 0.25) is 0 Å². The summed E-state index contributed by atoms with van der Waals surface area (Å²) in [6, 6.07) is 13.8. The monoisotopic (exact) mass is 604 g/mol. The number of nitrogens with zero attached hydrogens (tertiary/aromatic N) is 3. The largest absolute Gasteiger partial charge is 0.462 e. The highest BCUT2D eigenvalue weighted by molar-refractivity contribution is 5.99. The van der Waals surface area contributed by atoms with E-state index < -0.39 is 29.9 Å². The molecule has 0 spiro atoms. The Morgan fingerprint density at radius 1 is 0.955 bits per heavy atom. The Hall–Kier alpha value is -5.79. The quantitative estimate of drug-likeness (QED) is 0.172. The fourth-order valence-electron chi connectivity index (χ4n) is 3.81. The Kier molecular flexibility index (Phi) is 9.22. The number of aromatic nitrogens is 3. The van der Waals surface area contributed by atoms with Crippen LogP contribution >= 0.6 is 0 Å². The third-order valence-electron chi connectivity index (χ3n) is 5.88. The number of hydrogen-bond donors (Lipinski definition) is 3. The first kappa shape index (κ1) is 31.2. The standard InChI is InChI=1S/C30H29FN6O7/c1-5-42-26(38)17-7-6-8-18(13-17)37-25(16-24(36-37)30(2,3)4)35-29(41)34-22-10-9-19(14-21(22)31)43-20-11-12-33-23(15-20)27(39)44-28(32)40/h6-16H,5H2,1-4H3,(H2,32,40)(H2,34,35,41). The van der Waals surface area contributed by atoms with E-state index in [1.807, 2.05) is 20.8 Å². The number of benzene rings is 2. The van der Waals surface area contributed by atoms with E-state index in [1.165, 1.54) is 35.1 Å². The van der Waals surface area contributed by atoms with E-state index in [1.54, 1.807) is 37.3 Å². The summed E-state index contributed by atoms with van der Waals surface area (Å²) >= 11 is 0. The molecule has 0 aliphatic rings. The highest BCUT2D eigenvalue weighted by Gasteiger charge is 2.22. The molecule has 0 saturated heterocycles. The Labute approximate surface area is 251 Å². The number of anilines is 2. The third kappa shape index (κ3) is 7.73. The lowest BCUT2D eigenvalue weighted by molar-refractivity contribution is 0.0525. The summed E-state index contributed by atoms with van der Waals surface area (Å²) in [4.78, 5) is 51.7. The molecule has 4 aromatic rings. The van der Waals surface area contributed by atoms with Gasteiger partial charge in [-0.3, -0.25) is 5.32 Å². The number of nitrogens with one attached hydrogen (secondary N) is 2. The average molecular weight is 605 g/mol. The molecule has 3 amide bonds. The topological polar surface area (TPSA) is 177 Å². The van der Waals surface area contributed by atoms with Crippen LogP contribution in [0, 0.1) is 5.82 Å². The highest BCUT2D eigenvalue weighted by Crippen LogP contribution is 2.28. The fraction of sp³-hybridized carbons (Fsp3) is 0.200. The van der Waals surface area contributed by atoms with E-state index in [0.717, 1.165) is 6.07 Å². The second-order valence-electron chi connectivity index (χ2n) is 10.3. The van der Waals surface area contributed by atoms with E-state index in [0.29, 0.717) is 16.9 Å². The van der Waals surface area contributed by atoms with Gasteiger partial charge in [-0.1, -0.05) is 26.8 Å². The van der Waals surface area contributed by atoms with Crippen molar-refractivity contribution in [1.29, 1.82) is 0 Å².